The fourth-order valence-electron chi connectivity index (χ4n) is 3.88. The van der Waals surface area contributed by atoms with E-state index < -0.39 is 15.9 Å². The zero-order valence-corrected chi connectivity index (χ0v) is 21.4. The molecule has 1 N–H and O–H groups in total. The quantitative estimate of drug-likeness (QED) is 0.417. The number of carbonyl (C=O) groups is 1. The van der Waals surface area contributed by atoms with Crippen molar-refractivity contribution in [3.05, 3.63) is 84.1 Å². The minimum absolute atomic E-state index is 0.172. The predicted octanol–water partition coefficient (Wildman–Crippen LogP) is 4.89. The standard InChI is InChI=1S/C27H30N4O3S/c1-19-11-6-9-15-22(19)31-25(17-24(29-31)27(2,3)4)28-26(32)18-30(5)35(33,34)23-16-10-13-20-12-7-8-14-21(20)23/h6-17H,18H2,1-5H3,(H,28,32). The number of anilines is 1. The van der Waals surface area contributed by atoms with Crippen LogP contribution in [0.1, 0.15) is 32.0 Å². The molecular formula is C27H30N4O3S. The molecule has 0 aliphatic carbocycles. The van der Waals surface area contributed by atoms with Crippen LogP contribution >= 0.6 is 0 Å². The zero-order chi connectivity index (χ0) is 25.4. The second kappa shape index (κ2) is 9.28. The van der Waals surface area contributed by atoms with Gasteiger partial charge in [0.25, 0.3) is 0 Å². The lowest BCUT2D eigenvalue weighted by Gasteiger charge is -2.18. The highest BCUT2D eigenvalue weighted by atomic mass is 32.2. The number of rotatable bonds is 6. The van der Waals surface area contributed by atoms with E-state index in [9.17, 15) is 13.2 Å². The van der Waals surface area contributed by atoms with E-state index in [4.69, 9.17) is 5.10 Å². The first-order valence-corrected chi connectivity index (χ1v) is 12.8. The fourth-order valence-corrected chi connectivity index (χ4v) is 5.22. The summed E-state index contributed by atoms with van der Waals surface area (Å²) in [5, 5.41) is 9.06. The van der Waals surface area contributed by atoms with Gasteiger partial charge in [0.1, 0.15) is 5.82 Å². The normalized spacial score (nSPS) is 12.3. The number of nitrogens with zero attached hydrogens (tertiary/aromatic N) is 3. The van der Waals surface area contributed by atoms with Gasteiger partial charge in [-0.1, -0.05) is 75.4 Å². The van der Waals surface area contributed by atoms with Crippen molar-refractivity contribution in [3.63, 3.8) is 0 Å². The first-order chi connectivity index (χ1) is 16.5. The van der Waals surface area contributed by atoms with Gasteiger partial charge >= 0.3 is 0 Å². The van der Waals surface area contributed by atoms with Crippen LogP contribution in [0.4, 0.5) is 5.82 Å². The van der Waals surface area contributed by atoms with Gasteiger partial charge in [0, 0.05) is 23.9 Å². The number of aryl methyl sites for hydroxylation is 1. The van der Waals surface area contributed by atoms with Crippen LogP contribution in [0.15, 0.2) is 77.7 Å². The highest BCUT2D eigenvalue weighted by Crippen LogP contribution is 2.28. The van der Waals surface area contributed by atoms with Crippen molar-refractivity contribution in [2.45, 2.75) is 38.0 Å². The summed E-state index contributed by atoms with van der Waals surface area (Å²) in [7, 11) is -2.48. The summed E-state index contributed by atoms with van der Waals surface area (Å²) in [4.78, 5) is 13.2. The Hall–Kier alpha value is -3.49. The molecule has 8 heteroatoms. The number of hydrogen-bond acceptors (Lipinski definition) is 4. The average Bonchev–Trinajstić information content (AvgIpc) is 3.22. The number of benzene rings is 3. The molecule has 0 aliphatic heterocycles. The third kappa shape index (κ3) is 4.99. The Labute approximate surface area is 206 Å². The topological polar surface area (TPSA) is 84.3 Å². The molecule has 7 nitrogen and oxygen atoms in total. The third-order valence-corrected chi connectivity index (χ3v) is 7.75. The maximum absolute atomic E-state index is 13.3. The van der Waals surface area contributed by atoms with Gasteiger partial charge in [0.2, 0.25) is 15.9 Å². The molecule has 1 amide bonds. The van der Waals surface area contributed by atoms with Crippen molar-refractivity contribution in [1.82, 2.24) is 14.1 Å². The summed E-state index contributed by atoms with van der Waals surface area (Å²) in [5.41, 5.74) is 2.42. The molecule has 4 aromatic rings. The number of aromatic nitrogens is 2. The second-order valence-corrected chi connectivity index (χ2v) is 11.7. The summed E-state index contributed by atoms with van der Waals surface area (Å²) in [6.45, 7) is 7.79. The van der Waals surface area contributed by atoms with Gasteiger partial charge in [-0.05, 0) is 30.0 Å². The lowest BCUT2D eigenvalue weighted by molar-refractivity contribution is -0.116. The van der Waals surface area contributed by atoms with Crippen LogP contribution in [0.2, 0.25) is 0 Å². The van der Waals surface area contributed by atoms with E-state index in [1.165, 1.54) is 7.05 Å². The van der Waals surface area contributed by atoms with Crippen molar-refractivity contribution in [2.24, 2.45) is 0 Å². The van der Waals surface area contributed by atoms with E-state index >= 15 is 0 Å². The first-order valence-electron chi connectivity index (χ1n) is 11.4. The molecule has 1 aromatic heterocycles. The van der Waals surface area contributed by atoms with Crippen LogP contribution in [-0.2, 0) is 20.2 Å². The predicted molar refractivity (Wildman–Crippen MR) is 139 cm³/mol. The lowest BCUT2D eigenvalue weighted by Crippen LogP contribution is -2.35. The molecule has 182 valence electrons. The van der Waals surface area contributed by atoms with E-state index in [-0.39, 0.29) is 16.9 Å². The average molecular weight is 491 g/mol. The van der Waals surface area contributed by atoms with Crippen LogP contribution in [0.5, 0.6) is 0 Å². The van der Waals surface area contributed by atoms with Gasteiger partial charge in [-0.25, -0.2) is 13.1 Å². The molecule has 0 aliphatic rings. The van der Waals surface area contributed by atoms with Crippen LogP contribution in [0, 0.1) is 6.92 Å². The van der Waals surface area contributed by atoms with E-state index in [1.54, 1.807) is 28.9 Å². The molecule has 0 saturated carbocycles. The molecule has 35 heavy (non-hydrogen) atoms. The van der Waals surface area contributed by atoms with Crippen molar-refractivity contribution >= 4 is 32.5 Å². The monoisotopic (exact) mass is 490 g/mol. The highest BCUT2D eigenvalue weighted by Gasteiger charge is 2.26. The molecule has 0 unspecified atom stereocenters. The van der Waals surface area contributed by atoms with Crippen LogP contribution in [-0.4, -0.2) is 42.0 Å². The summed E-state index contributed by atoms with van der Waals surface area (Å²) >= 11 is 0. The summed E-state index contributed by atoms with van der Waals surface area (Å²) in [5.74, 6) is 0.0386. The van der Waals surface area contributed by atoms with E-state index in [0.29, 0.717) is 11.2 Å². The highest BCUT2D eigenvalue weighted by molar-refractivity contribution is 7.89. The summed E-state index contributed by atoms with van der Waals surface area (Å²) in [6, 6.07) is 22.0. The Kier molecular flexibility index (Phi) is 6.53. The molecule has 4 rings (SSSR count). The van der Waals surface area contributed by atoms with Crippen molar-refractivity contribution in [1.29, 1.82) is 0 Å². The molecule has 0 bridgehead atoms. The minimum Gasteiger partial charge on any atom is -0.309 e. The molecule has 0 saturated heterocycles. The van der Waals surface area contributed by atoms with Gasteiger partial charge in [-0.3, -0.25) is 4.79 Å². The molecule has 0 radical (unpaired) electrons. The number of amides is 1. The fraction of sp³-hybridized carbons (Fsp3) is 0.259. The van der Waals surface area contributed by atoms with Gasteiger partial charge in [0.15, 0.2) is 0 Å². The second-order valence-electron chi connectivity index (χ2n) is 9.65. The molecule has 3 aromatic carbocycles. The molecule has 0 fully saturated rings. The third-order valence-electron chi connectivity index (χ3n) is 5.89. The van der Waals surface area contributed by atoms with E-state index in [2.05, 4.69) is 5.32 Å². The van der Waals surface area contributed by atoms with Crippen molar-refractivity contribution in [2.75, 3.05) is 18.9 Å². The van der Waals surface area contributed by atoms with Gasteiger partial charge in [-0.2, -0.15) is 9.40 Å². The maximum atomic E-state index is 13.3. The van der Waals surface area contributed by atoms with Gasteiger partial charge < -0.3 is 5.32 Å². The van der Waals surface area contributed by atoms with E-state index in [0.717, 1.165) is 26.6 Å². The van der Waals surface area contributed by atoms with Crippen LogP contribution in [0.25, 0.3) is 16.5 Å². The smallest absolute Gasteiger partial charge is 0.243 e. The Morgan fingerprint density at radius 1 is 1.00 bits per heavy atom. The maximum Gasteiger partial charge on any atom is 0.243 e. The van der Waals surface area contributed by atoms with Crippen LogP contribution in [0.3, 0.4) is 0 Å². The molecule has 0 spiro atoms. The first kappa shape index (κ1) is 24.6. The Morgan fingerprint density at radius 2 is 1.66 bits per heavy atom. The minimum atomic E-state index is -3.89. The molecule has 0 atom stereocenters. The van der Waals surface area contributed by atoms with Gasteiger partial charge in [-0.15, -0.1) is 0 Å². The van der Waals surface area contributed by atoms with E-state index in [1.807, 2.05) is 76.2 Å². The van der Waals surface area contributed by atoms with Crippen LogP contribution < -0.4 is 5.32 Å². The molecular weight excluding hydrogens is 460 g/mol. The SMILES string of the molecule is Cc1ccccc1-n1nc(C(C)(C)C)cc1NC(=O)CN(C)S(=O)(=O)c1cccc2ccccc12. The summed E-state index contributed by atoms with van der Waals surface area (Å²) < 4.78 is 29.4. The van der Waals surface area contributed by atoms with Crippen molar-refractivity contribution < 1.29 is 13.2 Å². The number of carbonyl (C=O) groups excluding carboxylic acids is 1. The summed E-state index contributed by atoms with van der Waals surface area (Å²) in [6.07, 6.45) is 0. The Morgan fingerprint density at radius 3 is 2.37 bits per heavy atom. The number of sulfonamides is 1. The number of nitrogens with one attached hydrogen (secondary N) is 1. The van der Waals surface area contributed by atoms with Gasteiger partial charge in [0.05, 0.1) is 22.8 Å². The number of hydrogen-bond donors (Lipinski definition) is 1. The zero-order valence-electron chi connectivity index (χ0n) is 20.6. The van der Waals surface area contributed by atoms with Crippen molar-refractivity contribution in [3.8, 4) is 5.69 Å². The lowest BCUT2D eigenvalue weighted by atomic mass is 9.92. The number of fused-ring (bicyclic) bond motifs is 1. The Balaban J connectivity index is 1.62. The molecule has 1 heterocycles. The number of likely N-dealkylation sites (N-methyl/N-ethyl adjacent to an activating group) is 1. The number of para-hydroxylation sites is 1. The Bertz CT molecular complexity index is 1500. The largest absolute Gasteiger partial charge is 0.309 e.